The molecular weight excluding hydrogens is 216 g/mol. The summed E-state index contributed by atoms with van der Waals surface area (Å²) in [6, 6.07) is 10.7. The van der Waals surface area contributed by atoms with Gasteiger partial charge in [0, 0.05) is 16.2 Å². The molecule has 3 heteroatoms. The van der Waals surface area contributed by atoms with Crippen molar-refractivity contribution in [3.8, 4) is 0 Å². The summed E-state index contributed by atoms with van der Waals surface area (Å²) in [6.07, 6.45) is 2.56. The van der Waals surface area contributed by atoms with Gasteiger partial charge in [0.05, 0.1) is 5.03 Å². The number of thioether (sulfide) groups is 1. The molecule has 0 amide bonds. The second-order valence-corrected chi connectivity index (χ2v) is 5.63. The van der Waals surface area contributed by atoms with Crippen LogP contribution in [-0.2, 0) is 0 Å². The Hall–Kier alpha value is -0.930. The van der Waals surface area contributed by atoms with E-state index in [4.69, 9.17) is 0 Å². The SMILES string of the molecule is c1ccc2[nH]c(SC3CCNCC3)cc2c1. The maximum Gasteiger partial charge on any atom is 0.0735 e. The fourth-order valence-corrected chi connectivity index (χ4v) is 3.40. The normalized spacial score (nSPS) is 18.0. The molecule has 1 aliphatic heterocycles. The van der Waals surface area contributed by atoms with Gasteiger partial charge in [-0.1, -0.05) is 18.2 Å². The maximum absolute atomic E-state index is 3.49. The van der Waals surface area contributed by atoms with Gasteiger partial charge in [0.2, 0.25) is 0 Å². The first-order valence-corrected chi connectivity index (χ1v) is 6.75. The topological polar surface area (TPSA) is 27.8 Å². The number of nitrogens with one attached hydrogen (secondary N) is 2. The molecule has 0 spiro atoms. The van der Waals surface area contributed by atoms with Gasteiger partial charge in [0.1, 0.15) is 0 Å². The second kappa shape index (κ2) is 4.52. The van der Waals surface area contributed by atoms with Gasteiger partial charge < -0.3 is 10.3 Å². The van der Waals surface area contributed by atoms with Crippen LogP contribution in [0.25, 0.3) is 10.9 Å². The molecule has 0 atom stereocenters. The lowest BCUT2D eigenvalue weighted by molar-refractivity contribution is 0.531. The Balaban J connectivity index is 1.78. The number of benzene rings is 1. The van der Waals surface area contributed by atoms with Gasteiger partial charge in [0.25, 0.3) is 0 Å². The van der Waals surface area contributed by atoms with Crippen molar-refractivity contribution in [3.05, 3.63) is 30.3 Å². The minimum atomic E-state index is 0.773. The summed E-state index contributed by atoms with van der Waals surface area (Å²) < 4.78 is 0. The molecule has 2 nitrogen and oxygen atoms in total. The molecule has 1 aromatic heterocycles. The van der Waals surface area contributed by atoms with Crippen LogP contribution in [-0.4, -0.2) is 23.3 Å². The van der Waals surface area contributed by atoms with Gasteiger partial charge in [-0.2, -0.15) is 0 Å². The van der Waals surface area contributed by atoms with Crippen LogP contribution in [0.3, 0.4) is 0 Å². The Morgan fingerprint density at radius 2 is 1.94 bits per heavy atom. The smallest absolute Gasteiger partial charge is 0.0735 e. The van der Waals surface area contributed by atoms with Gasteiger partial charge in [-0.3, -0.25) is 0 Å². The molecule has 84 valence electrons. The van der Waals surface area contributed by atoms with E-state index in [-0.39, 0.29) is 0 Å². The molecule has 1 fully saturated rings. The number of aromatic nitrogens is 1. The molecule has 0 radical (unpaired) electrons. The van der Waals surface area contributed by atoms with Crippen LogP contribution >= 0.6 is 11.8 Å². The third kappa shape index (κ3) is 2.11. The van der Waals surface area contributed by atoms with E-state index in [9.17, 15) is 0 Å². The first-order chi connectivity index (χ1) is 7.92. The lowest BCUT2D eigenvalue weighted by Gasteiger charge is -2.21. The molecule has 0 aliphatic carbocycles. The average Bonchev–Trinajstić information content (AvgIpc) is 2.72. The molecule has 0 unspecified atom stereocenters. The summed E-state index contributed by atoms with van der Waals surface area (Å²) in [6.45, 7) is 2.33. The Bertz CT molecular complexity index is 438. The molecule has 2 aromatic rings. The van der Waals surface area contributed by atoms with Crippen molar-refractivity contribution in [2.24, 2.45) is 0 Å². The van der Waals surface area contributed by atoms with Crippen molar-refractivity contribution in [2.45, 2.75) is 23.1 Å². The van der Waals surface area contributed by atoms with Crippen LogP contribution in [0.4, 0.5) is 0 Å². The molecule has 1 aromatic carbocycles. The number of piperidine rings is 1. The van der Waals surface area contributed by atoms with E-state index < -0.39 is 0 Å². The van der Waals surface area contributed by atoms with Crippen LogP contribution in [0.15, 0.2) is 35.4 Å². The number of rotatable bonds is 2. The number of hydrogen-bond donors (Lipinski definition) is 2. The Labute approximate surface area is 99.8 Å². The molecular formula is C13H16N2S. The maximum atomic E-state index is 3.49. The molecule has 0 saturated carbocycles. The molecule has 1 aliphatic rings. The number of aromatic amines is 1. The zero-order valence-corrected chi connectivity index (χ0v) is 10.0. The lowest BCUT2D eigenvalue weighted by Crippen LogP contribution is -2.29. The number of hydrogen-bond acceptors (Lipinski definition) is 2. The first kappa shape index (κ1) is 10.2. The predicted molar refractivity (Wildman–Crippen MR) is 70.0 cm³/mol. The summed E-state index contributed by atoms with van der Waals surface area (Å²) in [7, 11) is 0. The predicted octanol–water partition coefficient (Wildman–Crippen LogP) is 3.01. The molecule has 2 N–H and O–H groups in total. The monoisotopic (exact) mass is 232 g/mol. The van der Waals surface area contributed by atoms with E-state index in [1.807, 2.05) is 11.8 Å². The van der Waals surface area contributed by atoms with Crippen molar-refractivity contribution in [1.29, 1.82) is 0 Å². The van der Waals surface area contributed by atoms with Gasteiger partial charge in [0.15, 0.2) is 0 Å². The minimum absolute atomic E-state index is 0.773. The zero-order valence-electron chi connectivity index (χ0n) is 9.20. The lowest BCUT2D eigenvalue weighted by atomic mass is 10.2. The molecule has 1 saturated heterocycles. The zero-order chi connectivity index (χ0) is 10.8. The van der Waals surface area contributed by atoms with E-state index in [0.717, 1.165) is 18.3 Å². The van der Waals surface area contributed by atoms with E-state index >= 15 is 0 Å². The minimum Gasteiger partial charge on any atom is -0.350 e. The van der Waals surface area contributed by atoms with Crippen LogP contribution in [0.2, 0.25) is 0 Å². The highest BCUT2D eigenvalue weighted by Gasteiger charge is 2.14. The van der Waals surface area contributed by atoms with Crippen LogP contribution in [0, 0.1) is 0 Å². The van der Waals surface area contributed by atoms with E-state index in [1.54, 1.807) is 0 Å². The van der Waals surface area contributed by atoms with E-state index in [0.29, 0.717) is 0 Å². The highest BCUT2D eigenvalue weighted by molar-refractivity contribution is 7.99. The van der Waals surface area contributed by atoms with Crippen LogP contribution in [0.1, 0.15) is 12.8 Å². The third-order valence-corrected chi connectivity index (χ3v) is 4.36. The van der Waals surface area contributed by atoms with Crippen molar-refractivity contribution in [1.82, 2.24) is 10.3 Å². The van der Waals surface area contributed by atoms with Gasteiger partial charge in [-0.05, 0) is 38.1 Å². The first-order valence-electron chi connectivity index (χ1n) is 5.87. The highest BCUT2D eigenvalue weighted by atomic mass is 32.2. The number of para-hydroxylation sites is 1. The Kier molecular flexibility index (Phi) is 2.89. The van der Waals surface area contributed by atoms with Crippen molar-refractivity contribution >= 4 is 22.7 Å². The molecule has 16 heavy (non-hydrogen) atoms. The number of H-pyrrole nitrogens is 1. The van der Waals surface area contributed by atoms with E-state index in [1.165, 1.54) is 28.8 Å². The van der Waals surface area contributed by atoms with Gasteiger partial charge in [-0.25, -0.2) is 0 Å². The van der Waals surface area contributed by atoms with Crippen molar-refractivity contribution in [2.75, 3.05) is 13.1 Å². The summed E-state index contributed by atoms with van der Waals surface area (Å²) >= 11 is 1.99. The average molecular weight is 232 g/mol. The van der Waals surface area contributed by atoms with Crippen LogP contribution in [0.5, 0.6) is 0 Å². The second-order valence-electron chi connectivity index (χ2n) is 4.29. The van der Waals surface area contributed by atoms with Gasteiger partial charge >= 0.3 is 0 Å². The highest BCUT2D eigenvalue weighted by Crippen LogP contribution is 2.30. The quantitative estimate of drug-likeness (QED) is 0.833. The van der Waals surface area contributed by atoms with Gasteiger partial charge in [-0.15, -0.1) is 11.8 Å². The Morgan fingerprint density at radius 3 is 2.75 bits per heavy atom. The summed E-state index contributed by atoms with van der Waals surface area (Å²) in [5, 5.41) is 6.81. The number of fused-ring (bicyclic) bond motifs is 1. The Morgan fingerprint density at radius 1 is 1.12 bits per heavy atom. The van der Waals surface area contributed by atoms with Crippen molar-refractivity contribution in [3.63, 3.8) is 0 Å². The van der Waals surface area contributed by atoms with Crippen molar-refractivity contribution < 1.29 is 0 Å². The van der Waals surface area contributed by atoms with E-state index in [2.05, 4.69) is 40.6 Å². The summed E-state index contributed by atoms with van der Waals surface area (Å²) in [5.41, 5.74) is 1.25. The largest absolute Gasteiger partial charge is 0.350 e. The fourth-order valence-electron chi connectivity index (χ4n) is 2.20. The third-order valence-electron chi connectivity index (χ3n) is 3.09. The summed E-state index contributed by atoms with van der Waals surface area (Å²) in [4.78, 5) is 3.49. The van der Waals surface area contributed by atoms with Crippen LogP contribution < -0.4 is 5.32 Å². The summed E-state index contributed by atoms with van der Waals surface area (Å²) in [5.74, 6) is 0. The fraction of sp³-hybridized carbons (Fsp3) is 0.385. The molecule has 2 heterocycles. The molecule has 3 rings (SSSR count). The molecule has 0 bridgehead atoms. The standard InChI is InChI=1S/C13H16N2S/c1-2-4-12-10(3-1)9-13(15-12)16-11-5-7-14-8-6-11/h1-4,9,11,14-15H,5-8H2.